The fourth-order valence-electron chi connectivity index (χ4n) is 2.90. The van der Waals surface area contributed by atoms with Crippen LogP contribution in [0.2, 0.25) is 0 Å². The summed E-state index contributed by atoms with van der Waals surface area (Å²) in [7, 11) is 0. The number of aromatic nitrogens is 3. The highest BCUT2D eigenvalue weighted by Gasteiger charge is 2.20. The number of thioether (sulfide) groups is 1. The van der Waals surface area contributed by atoms with E-state index in [1.807, 2.05) is 54.8 Å². The Balaban J connectivity index is 1.63. The van der Waals surface area contributed by atoms with Crippen LogP contribution in [0, 0.1) is 6.92 Å². The molecule has 172 valence electrons. The van der Waals surface area contributed by atoms with E-state index in [-0.39, 0.29) is 5.91 Å². The Morgan fingerprint density at radius 3 is 2.58 bits per heavy atom. The van der Waals surface area contributed by atoms with Gasteiger partial charge in [-0.1, -0.05) is 63.6 Å². The summed E-state index contributed by atoms with van der Waals surface area (Å²) < 4.78 is 2.95. The standard InChI is InChI=1S/C24H27BrN6OS/c1-5-14-31-22(15-26-21-12-6-16(2)7-13-21)28-30-24(31)33-18(4)23(32)29-27-17(3)19-8-10-20(25)11-9-19/h5-13,18,26H,1,14-15H2,2-4H3,(H,29,32)/b27-17-. The van der Waals surface area contributed by atoms with Crippen molar-refractivity contribution < 1.29 is 4.79 Å². The number of allylic oxidation sites excluding steroid dienone is 1. The molecule has 0 aliphatic carbocycles. The maximum absolute atomic E-state index is 12.6. The number of halogens is 1. The average Bonchev–Trinajstić information content (AvgIpc) is 3.18. The molecule has 2 aromatic carbocycles. The molecule has 0 saturated heterocycles. The first-order chi connectivity index (χ1) is 15.9. The number of benzene rings is 2. The van der Waals surface area contributed by atoms with Crippen LogP contribution in [0.4, 0.5) is 5.69 Å². The van der Waals surface area contributed by atoms with Crippen molar-refractivity contribution in [1.29, 1.82) is 0 Å². The third-order valence-electron chi connectivity index (χ3n) is 4.85. The van der Waals surface area contributed by atoms with Gasteiger partial charge in [0, 0.05) is 16.7 Å². The fourth-order valence-corrected chi connectivity index (χ4v) is 4.03. The highest BCUT2D eigenvalue weighted by molar-refractivity contribution is 9.10. The number of carbonyl (C=O) groups excluding carboxylic acids is 1. The lowest BCUT2D eigenvalue weighted by atomic mass is 10.1. The lowest BCUT2D eigenvalue weighted by molar-refractivity contribution is -0.120. The zero-order valence-electron chi connectivity index (χ0n) is 18.9. The van der Waals surface area contributed by atoms with Crippen LogP contribution < -0.4 is 10.7 Å². The molecule has 0 spiro atoms. The maximum atomic E-state index is 12.6. The summed E-state index contributed by atoms with van der Waals surface area (Å²) in [4.78, 5) is 12.6. The van der Waals surface area contributed by atoms with Crippen molar-refractivity contribution in [3.8, 4) is 0 Å². The van der Waals surface area contributed by atoms with Crippen molar-refractivity contribution in [2.75, 3.05) is 5.32 Å². The van der Waals surface area contributed by atoms with Gasteiger partial charge in [0.2, 0.25) is 0 Å². The number of anilines is 1. The van der Waals surface area contributed by atoms with Gasteiger partial charge in [0.05, 0.1) is 17.5 Å². The topological polar surface area (TPSA) is 84.2 Å². The first kappa shape index (κ1) is 24.7. The molecule has 0 bridgehead atoms. The lowest BCUT2D eigenvalue weighted by Gasteiger charge is -2.12. The molecular weight excluding hydrogens is 500 g/mol. The Morgan fingerprint density at radius 2 is 1.91 bits per heavy atom. The highest BCUT2D eigenvalue weighted by atomic mass is 79.9. The first-order valence-electron chi connectivity index (χ1n) is 10.5. The molecule has 1 amide bonds. The van der Waals surface area contributed by atoms with E-state index < -0.39 is 5.25 Å². The smallest absolute Gasteiger partial charge is 0.253 e. The second-order valence-corrected chi connectivity index (χ2v) is 9.68. The van der Waals surface area contributed by atoms with Crippen LogP contribution in [0.5, 0.6) is 0 Å². The molecule has 7 nitrogen and oxygen atoms in total. The summed E-state index contributed by atoms with van der Waals surface area (Å²) in [5, 5.41) is 16.5. The number of amides is 1. The van der Waals surface area contributed by atoms with Crippen LogP contribution in [-0.2, 0) is 17.9 Å². The van der Waals surface area contributed by atoms with Crippen molar-refractivity contribution in [2.45, 2.75) is 44.3 Å². The van der Waals surface area contributed by atoms with Crippen LogP contribution in [0.25, 0.3) is 0 Å². The molecule has 33 heavy (non-hydrogen) atoms. The molecule has 3 rings (SSSR count). The summed E-state index contributed by atoms with van der Waals surface area (Å²) in [5.41, 5.74) is 6.54. The Morgan fingerprint density at radius 1 is 1.21 bits per heavy atom. The molecule has 9 heteroatoms. The minimum absolute atomic E-state index is 0.205. The summed E-state index contributed by atoms with van der Waals surface area (Å²) in [6, 6.07) is 15.9. The molecule has 1 unspecified atom stereocenters. The van der Waals surface area contributed by atoms with Gasteiger partial charge in [-0.15, -0.1) is 16.8 Å². The second kappa shape index (κ2) is 11.8. The molecule has 0 saturated carbocycles. The minimum atomic E-state index is -0.405. The van der Waals surface area contributed by atoms with Crippen LogP contribution in [0.15, 0.2) is 75.9 Å². The molecule has 2 N–H and O–H groups in total. The van der Waals surface area contributed by atoms with E-state index in [2.05, 4.69) is 67.6 Å². The van der Waals surface area contributed by atoms with Gasteiger partial charge >= 0.3 is 0 Å². The number of nitrogens with zero attached hydrogens (tertiary/aromatic N) is 4. The van der Waals surface area contributed by atoms with Crippen molar-refractivity contribution in [2.24, 2.45) is 5.10 Å². The summed E-state index contributed by atoms with van der Waals surface area (Å²) in [5.74, 6) is 0.568. The van der Waals surface area contributed by atoms with E-state index >= 15 is 0 Å². The Kier molecular flexibility index (Phi) is 8.85. The molecule has 0 aliphatic heterocycles. The normalized spacial score (nSPS) is 12.3. The van der Waals surface area contributed by atoms with Crippen LogP contribution in [0.3, 0.4) is 0 Å². The Hall–Kier alpha value is -2.91. The van der Waals surface area contributed by atoms with Crippen molar-refractivity contribution in [3.05, 3.63) is 82.6 Å². The quantitative estimate of drug-likeness (QED) is 0.165. The van der Waals surface area contributed by atoms with Gasteiger partial charge in [0.1, 0.15) is 0 Å². The number of hydrazone groups is 1. The van der Waals surface area contributed by atoms with E-state index in [1.165, 1.54) is 17.3 Å². The fraction of sp³-hybridized carbons (Fsp3) is 0.250. The predicted octanol–water partition coefficient (Wildman–Crippen LogP) is 5.17. The number of nitrogens with one attached hydrogen (secondary N) is 2. The SMILES string of the molecule is C=CCn1c(CNc2ccc(C)cc2)nnc1SC(C)C(=O)N/N=C(/C)c1ccc(Br)cc1. The number of hydrogen-bond acceptors (Lipinski definition) is 6. The zero-order valence-corrected chi connectivity index (χ0v) is 21.3. The third-order valence-corrected chi connectivity index (χ3v) is 6.46. The number of hydrogen-bond donors (Lipinski definition) is 2. The van der Waals surface area contributed by atoms with Crippen molar-refractivity contribution in [3.63, 3.8) is 0 Å². The van der Waals surface area contributed by atoms with Crippen LogP contribution in [-0.4, -0.2) is 31.6 Å². The summed E-state index contributed by atoms with van der Waals surface area (Å²) in [6.45, 7) is 10.6. The van der Waals surface area contributed by atoms with Crippen LogP contribution in [0.1, 0.15) is 30.8 Å². The summed E-state index contributed by atoms with van der Waals surface area (Å²) >= 11 is 4.75. The Bertz CT molecular complexity index is 1120. The van der Waals surface area contributed by atoms with Crippen molar-refractivity contribution in [1.82, 2.24) is 20.2 Å². The molecular formula is C24H27BrN6OS. The van der Waals surface area contributed by atoms with E-state index in [4.69, 9.17) is 0 Å². The number of carbonyl (C=O) groups is 1. The van der Waals surface area contributed by atoms with Gasteiger partial charge in [-0.3, -0.25) is 4.79 Å². The van der Waals surface area contributed by atoms with Gasteiger partial charge in [0.15, 0.2) is 11.0 Å². The molecule has 0 aliphatic rings. The number of aryl methyl sites for hydroxylation is 1. The predicted molar refractivity (Wildman–Crippen MR) is 139 cm³/mol. The minimum Gasteiger partial charge on any atom is -0.378 e. The molecule has 0 fully saturated rings. The second-order valence-electron chi connectivity index (χ2n) is 7.46. The zero-order chi connectivity index (χ0) is 23.8. The lowest BCUT2D eigenvalue weighted by Crippen LogP contribution is -2.28. The average molecular weight is 527 g/mol. The van der Waals surface area contributed by atoms with E-state index in [9.17, 15) is 4.79 Å². The summed E-state index contributed by atoms with van der Waals surface area (Å²) in [6.07, 6.45) is 1.79. The van der Waals surface area contributed by atoms with Gasteiger partial charge < -0.3 is 9.88 Å². The largest absolute Gasteiger partial charge is 0.378 e. The first-order valence-corrected chi connectivity index (χ1v) is 12.1. The van der Waals surface area contributed by atoms with E-state index in [0.717, 1.165) is 27.3 Å². The van der Waals surface area contributed by atoms with Gasteiger partial charge in [-0.05, 0) is 50.6 Å². The molecule has 3 aromatic rings. The molecule has 0 radical (unpaired) electrons. The monoisotopic (exact) mass is 526 g/mol. The molecule has 1 heterocycles. The Labute approximate surface area is 206 Å². The van der Waals surface area contributed by atoms with E-state index in [0.29, 0.717) is 18.2 Å². The van der Waals surface area contributed by atoms with Gasteiger partial charge in [0.25, 0.3) is 5.91 Å². The third kappa shape index (κ3) is 7.03. The van der Waals surface area contributed by atoms with Gasteiger partial charge in [-0.25, -0.2) is 5.43 Å². The highest BCUT2D eigenvalue weighted by Crippen LogP contribution is 2.23. The molecule has 1 aromatic heterocycles. The van der Waals surface area contributed by atoms with Crippen molar-refractivity contribution >= 4 is 45.0 Å². The van der Waals surface area contributed by atoms with Gasteiger partial charge in [-0.2, -0.15) is 5.10 Å². The van der Waals surface area contributed by atoms with Crippen LogP contribution >= 0.6 is 27.7 Å². The molecule has 1 atom stereocenters. The van der Waals surface area contributed by atoms with E-state index in [1.54, 1.807) is 6.08 Å². The maximum Gasteiger partial charge on any atom is 0.253 e. The number of rotatable bonds is 10.